The fourth-order valence-corrected chi connectivity index (χ4v) is 5.11. The molecule has 1 saturated heterocycles. The summed E-state index contributed by atoms with van der Waals surface area (Å²) in [4.78, 5) is 12.5. The molecule has 1 aliphatic heterocycles. The van der Waals surface area contributed by atoms with E-state index in [9.17, 15) is 13.2 Å². The molecule has 7 heteroatoms. The van der Waals surface area contributed by atoms with Crippen LogP contribution in [0.1, 0.15) is 55.8 Å². The van der Waals surface area contributed by atoms with Crippen LogP contribution < -0.4 is 10.6 Å². The van der Waals surface area contributed by atoms with E-state index >= 15 is 0 Å². The Hall–Kier alpha value is -2.38. The van der Waals surface area contributed by atoms with E-state index in [2.05, 4.69) is 29.7 Å². The summed E-state index contributed by atoms with van der Waals surface area (Å²) in [6.07, 6.45) is 3.90. The minimum atomic E-state index is -3.43. The molecule has 0 bridgehead atoms. The van der Waals surface area contributed by atoms with Crippen LogP contribution in [0.2, 0.25) is 0 Å². The van der Waals surface area contributed by atoms with Crippen LogP contribution in [0.5, 0.6) is 0 Å². The molecule has 1 atom stereocenters. The zero-order chi connectivity index (χ0) is 21.6. The lowest BCUT2D eigenvalue weighted by atomic mass is 10.1. The Bertz CT molecular complexity index is 935. The van der Waals surface area contributed by atoms with Gasteiger partial charge < -0.3 is 10.6 Å². The number of piperidine rings is 1. The molecule has 1 aliphatic rings. The first-order valence-corrected chi connectivity index (χ1v) is 12.1. The van der Waals surface area contributed by atoms with Gasteiger partial charge in [0.1, 0.15) is 0 Å². The molecule has 162 valence electrons. The van der Waals surface area contributed by atoms with Gasteiger partial charge in [0.25, 0.3) is 0 Å². The van der Waals surface area contributed by atoms with Crippen LogP contribution in [0.4, 0.5) is 4.79 Å². The van der Waals surface area contributed by atoms with Gasteiger partial charge in [-0.25, -0.2) is 13.2 Å². The van der Waals surface area contributed by atoms with E-state index < -0.39 is 10.0 Å². The van der Waals surface area contributed by atoms with Gasteiger partial charge in [-0.3, -0.25) is 0 Å². The van der Waals surface area contributed by atoms with Crippen molar-refractivity contribution in [3.05, 3.63) is 65.2 Å². The van der Waals surface area contributed by atoms with Gasteiger partial charge in [-0.1, -0.05) is 49.7 Å². The largest absolute Gasteiger partial charge is 0.334 e. The Morgan fingerprint density at radius 1 is 0.967 bits per heavy atom. The molecule has 0 spiro atoms. The number of benzene rings is 2. The van der Waals surface area contributed by atoms with Crippen LogP contribution in [0, 0.1) is 0 Å². The summed E-state index contributed by atoms with van der Waals surface area (Å²) in [5.41, 5.74) is 3.17. The third-order valence-electron chi connectivity index (χ3n) is 5.56. The Balaban J connectivity index is 1.52. The maximum Gasteiger partial charge on any atom is 0.315 e. The first kappa shape index (κ1) is 22.3. The van der Waals surface area contributed by atoms with Crippen LogP contribution in [0.25, 0.3) is 0 Å². The van der Waals surface area contributed by atoms with E-state index in [-0.39, 0.29) is 12.1 Å². The van der Waals surface area contributed by atoms with E-state index in [1.165, 1.54) is 5.56 Å². The van der Waals surface area contributed by atoms with Crippen molar-refractivity contribution in [2.45, 2.75) is 57.0 Å². The molecule has 0 saturated carbocycles. The van der Waals surface area contributed by atoms with Gasteiger partial charge >= 0.3 is 6.03 Å². The summed E-state index contributed by atoms with van der Waals surface area (Å²) in [5.74, 6) is 0. The summed E-state index contributed by atoms with van der Waals surface area (Å²) in [6, 6.07) is 14.6. The van der Waals surface area contributed by atoms with Gasteiger partial charge in [0.2, 0.25) is 10.0 Å². The van der Waals surface area contributed by atoms with E-state index in [1.54, 1.807) is 28.6 Å². The van der Waals surface area contributed by atoms with Crippen molar-refractivity contribution in [3.8, 4) is 0 Å². The maximum absolute atomic E-state index is 12.7. The number of carbonyl (C=O) groups excluding carboxylic acids is 1. The summed E-state index contributed by atoms with van der Waals surface area (Å²) in [5, 5.41) is 5.76. The van der Waals surface area contributed by atoms with Crippen molar-refractivity contribution in [2.24, 2.45) is 0 Å². The van der Waals surface area contributed by atoms with Crippen LogP contribution in [-0.2, 0) is 23.0 Å². The number of aryl methyl sites for hydroxylation is 1. The van der Waals surface area contributed by atoms with Crippen LogP contribution in [-0.4, -0.2) is 31.8 Å². The molecule has 0 radical (unpaired) electrons. The molecule has 1 heterocycles. The summed E-state index contributed by atoms with van der Waals surface area (Å²) < 4.78 is 27.0. The quantitative estimate of drug-likeness (QED) is 0.699. The molecular formula is C23H31N3O3S. The van der Waals surface area contributed by atoms with Crippen LogP contribution >= 0.6 is 0 Å². The van der Waals surface area contributed by atoms with E-state index in [0.29, 0.717) is 24.5 Å². The second kappa shape index (κ2) is 10.1. The number of nitrogens with one attached hydrogen (secondary N) is 2. The zero-order valence-corrected chi connectivity index (χ0v) is 18.5. The molecule has 0 aromatic heterocycles. The third kappa shape index (κ3) is 5.61. The minimum Gasteiger partial charge on any atom is -0.334 e. The number of carbonyl (C=O) groups is 1. The molecule has 2 aromatic carbocycles. The number of amides is 2. The lowest BCUT2D eigenvalue weighted by molar-refractivity contribution is 0.237. The number of rotatable bonds is 7. The van der Waals surface area contributed by atoms with Crippen molar-refractivity contribution < 1.29 is 13.2 Å². The van der Waals surface area contributed by atoms with Crippen molar-refractivity contribution in [3.63, 3.8) is 0 Å². The Morgan fingerprint density at radius 3 is 2.17 bits per heavy atom. The van der Waals surface area contributed by atoms with Gasteiger partial charge in [0.05, 0.1) is 10.9 Å². The first-order chi connectivity index (χ1) is 14.4. The van der Waals surface area contributed by atoms with Crippen molar-refractivity contribution in [1.82, 2.24) is 14.9 Å². The van der Waals surface area contributed by atoms with Crippen molar-refractivity contribution >= 4 is 16.1 Å². The number of urea groups is 1. The van der Waals surface area contributed by atoms with Crippen molar-refractivity contribution in [1.29, 1.82) is 0 Å². The number of sulfonamides is 1. The predicted molar refractivity (Wildman–Crippen MR) is 119 cm³/mol. The smallest absolute Gasteiger partial charge is 0.315 e. The van der Waals surface area contributed by atoms with Gasteiger partial charge in [-0.15, -0.1) is 0 Å². The summed E-state index contributed by atoms with van der Waals surface area (Å²) >= 11 is 0. The molecule has 3 rings (SSSR count). The molecule has 1 unspecified atom stereocenters. The summed E-state index contributed by atoms with van der Waals surface area (Å²) in [6.45, 7) is 5.56. The van der Waals surface area contributed by atoms with Crippen molar-refractivity contribution in [2.75, 3.05) is 13.1 Å². The van der Waals surface area contributed by atoms with Gasteiger partial charge in [-0.05, 0) is 55.0 Å². The fraction of sp³-hybridized carbons (Fsp3) is 0.435. The predicted octanol–water partition coefficient (Wildman–Crippen LogP) is 3.98. The highest BCUT2D eigenvalue weighted by molar-refractivity contribution is 7.89. The third-order valence-corrected chi connectivity index (χ3v) is 7.48. The first-order valence-electron chi connectivity index (χ1n) is 10.6. The van der Waals surface area contributed by atoms with E-state index in [0.717, 1.165) is 36.8 Å². The topological polar surface area (TPSA) is 78.5 Å². The highest BCUT2D eigenvalue weighted by atomic mass is 32.2. The molecular weight excluding hydrogens is 398 g/mol. The Morgan fingerprint density at radius 2 is 1.57 bits per heavy atom. The Labute approximate surface area is 179 Å². The highest BCUT2D eigenvalue weighted by Gasteiger charge is 2.25. The second-order valence-corrected chi connectivity index (χ2v) is 9.69. The summed E-state index contributed by atoms with van der Waals surface area (Å²) in [7, 11) is -3.43. The number of nitrogens with zero attached hydrogens (tertiary/aromatic N) is 1. The van der Waals surface area contributed by atoms with Crippen LogP contribution in [0.3, 0.4) is 0 Å². The normalized spacial score (nSPS) is 16.1. The van der Waals surface area contributed by atoms with Crippen LogP contribution in [0.15, 0.2) is 53.4 Å². The minimum absolute atomic E-state index is 0.104. The maximum atomic E-state index is 12.7. The molecule has 6 nitrogen and oxygen atoms in total. The monoisotopic (exact) mass is 429 g/mol. The van der Waals surface area contributed by atoms with E-state index in [1.807, 2.05) is 19.1 Å². The zero-order valence-electron chi connectivity index (χ0n) is 17.7. The molecule has 2 amide bonds. The lowest BCUT2D eigenvalue weighted by Gasteiger charge is -2.25. The van der Waals surface area contributed by atoms with E-state index in [4.69, 9.17) is 0 Å². The van der Waals surface area contributed by atoms with Gasteiger partial charge in [0.15, 0.2) is 0 Å². The average Bonchev–Trinajstić information content (AvgIpc) is 2.78. The Kier molecular flexibility index (Phi) is 7.50. The van der Waals surface area contributed by atoms with Gasteiger partial charge in [-0.2, -0.15) is 4.31 Å². The fourth-order valence-electron chi connectivity index (χ4n) is 3.59. The number of hydrogen-bond donors (Lipinski definition) is 2. The molecule has 2 aromatic rings. The molecule has 2 N–H and O–H groups in total. The molecule has 1 fully saturated rings. The molecule has 30 heavy (non-hydrogen) atoms. The number of hydrogen-bond acceptors (Lipinski definition) is 3. The standard InChI is InChI=1S/C23H31N3O3S/c1-3-19-7-11-21(12-8-19)18(2)25-23(27)24-17-20-9-13-22(14-10-20)30(28,29)26-15-5-4-6-16-26/h7-14,18H,3-6,15-17H2,1-2H3,(H2,24,25,27). The van der Waals surface area contributed by atoms with Gasteiger partial charge in [0, 0.05) is 19.6 Å². The highest BCUT2D eigenvalue weighted by Crippen LogP contribution is 2.21. The lowest BCUT2D eigenvalue weighted by Crippen LogP contribution is -2.36. The average molecular weight is 430 g/mol. The molecule has 0 aliphatic carbocycles. The SMILES string of the molecule is CCc1ccc(C(C)NC(=O)NCc2ccc(S(=O)(=O)N3CCCCC3)cc2)cc1. The second-order valence-electron chi connectivity index (χ2n) is 7.75.